The molecule has 0 radical (unpaired) electrons. The van der Waals surface area contributed by atoms with E-state index in [-0.39, 0.29) is 11.7 Å². The maximum atomic E-state index is 15.0. The summed E-state index contributed by atoms with van der Waals surface area (Å²) in [5.74, 6) is -1.00. The van der Waals surface area contributed by atoms with Crippen molar-refractivity contribution in [1.29, 1.82) is 0 Å². The first-order valence-electron chi connectivity index (χ1n) is 11.8. The minimum absolute atomic E-state index is 0.0494. The second kappa shape index (κ2) is 9.94. The van der Waals surface area contributed by atoms with Crippen molar-refractivity contribution in [2.24, 2.45) is 5.92 Å². The van der Waals surface area contributed by atoms with Gasteiger partial charge < -0.3 is 0 Å². The Bertz CT molecular complexity index is 1060. The van der Waals surface area contributed by atoms with Crippen LogP contribution in [0, 0.1) is 30.3 Å². The number of halogens is 3. The van der Waals surface area contributed by atoms with Gasteiger partial charge in [0.05, 0.1) is 0 Å². The van der Waals surface area contributed by atoms with Gasteiger partial charge >= 0.3 is 0 Å². The molecule has 1 fully saturated rings. The SMILES string of the molecule is CCc1ccc(CCC2CCC(c3ccc(-c4ccc(C)cc4)c(F)c3F)CC2)c(F)c1. The van der Waals surface area contributed by atoms with Gasteiger partial charge in [0.2, 0.25) is 0 Å². The van der Waals surface area contributed by atoms with E-state index in [0.29, 0.717) is 22.6 Å². The molecule has 4 rings (SSSR count). The standard InChI is InChI=1S/C29H31F3/c1-3-20-6-14-24(27(30)18-20)15-9-21-7-12-23(13-8-21)26-17-16-25(28(31)29(26)32)22-10-4-19(2)5-11-22/h4-6,10-11,14,16-18,21,23H,3,7-9,12-13,15H2,1-2H3. The molecule has 0 heterocycles. The average Bonchev–Trinajstić information content (AvgIpc) is 2.81. The summed E-state index contributed by atoms with van der Waals surface area (Å²) in [6.45, 7) is 4.00. The van der Waals surface area contributed by atoms with Crippen LogP contribution in [0.4, 0.5) is 13.2 Å². The van der Waals surface area contributed by atoms with Crippen LogP contribution in [0.1, 0.15) is 67.2 Å². The number of rotatable bonds is 6. The maximum Gasteiger partial charge on any atom is 0.166 e. The molecule has 0 saturated heterocycles. The molecule has 1 aliphatic carbocycles. The molecule has 3 aromatic carbocycles. The smallest absolute Gasteiger partial charge is 0.166 e. The van der Waals surface area contributed by atoms with E-state index < -0.39 is 11.6 Å². The predicted molar refractivity (Wildman–Crippen MR) is 125 cm³/mol. The first-order valence-corrected chi connectivity index (χ1v) is 11.8. The first kappa shape index (κ1) is 22.6. The van der Waals surface area contributed by atoms with Gasteiger partial charge in [-0.25, -0.2) is 13.2 Å². The summed E-state index contributed by atoms with van der Waals surface area (Å²) >= 11 is 0. The molecule has 0 bridgehead atoms. The van der Waals surface area contributed by atoms with E-state index in [1.165, 1.54) is 0 Å². The largest absolute Gasteiger partial charge is 0.207 e. The highest BCUT2D eigenvalue weighted by Crippen LogP contribution is 2.40. The van der Waals surface area contributed by atoms with Crippen molar-refractivity contribution in [3.05, 3.63) is 94.3 Å². The molecule has 32 heavy (non-hydrogen) atoms. The average molecular weight is 437 g/mol. The van der Waals surface area contributed by atoms with Gasteiger partial charge in [-0.2, -0.15) is 0 Å². The van der Waals surface area contributed by atoms with E-state index >= 15 is 0 Å². The van der Waals surface area contributed by atoms with Crippen LogP contribution >= 0.6 is 0 Å². The van der Waals surface area contributed by atoms with Crippen molar-refractivity contribution in [1.82, 2.24) is 0 Å². The Morgan fingerprint density at radius 2 is 1.53 bits per heavy atom. The summed E-state index contributed by atoms with van der Waals surface area (Å²) in [4.78, 5) is 0. The van der Waals surface area contributed by atoms with E-state index in [1.54, 1.807) is 18.2 Å². The van der Waals surface area contributed by atoms with E-state index in [4.69, 9.17) is 0 Å². The highest BCUT2D eigenvalue weighted by Gasteiger charge is 2.26. The van der Waals surface area contributed by atoms with Gasteiger partial charge in [-0.05, 0) is 92.0 Å². The molecule has 1 saturated carbocycles. The normalized spacial score (nSPS) is 18.7. The van der Waals surface area contributed by atoms with Crippen molar-refractivity contribution >= 4 is 0 Å². The lowest BCUT2D eigenvalue weighted by Gasteiger charge is -2.29. The molecular formula is C29H31F3. The van der Waals surface area contributed by atoms with Crippen LogP contribution in [0.5, 0.6) is 0 Å². The monoisotopic (exact) mass is 436 g/mol. The summed E-state index contributed by atoms with van der Waals surface area (Å²) in [6, 6.07) is 16.5. The summed E-state index contributed by atoms with van der Waals surface area (Å²) in [5, 5.41) is 0. The summed E-state index contributed by atoms with van der Waals surface area (Å²) in [5.41, 5.74) is 4.40. The van der Waals surface area contributed by atoms with Gasteiger partial charge in [0.15, 0.2) is 11.6 Å². The third kappa shape index (κ3) is 4.92. The molecule has 0 unspecified atom stereocenters. The van der Waals surface area contributed by atoms with Crippen LogP contribution in [0.2, 0.25) is 0 Å². The summed E-state index contributed by atoms with van der Waals surface area (Å²) in [6.07, 6.45) is 6.16. The van der Waals surface area contributed by atoms with Crippen LogP contribution < -0.4 is 0 Å². The van der Waals surface area contributed by atoms with Crippen molar-refractivity contribution in [2.45, 2.75) is 64.7 Å². The molecule has 0 spiro atoms. The van der Waals surface area contributed by atoms with Gasteiger partial charge in [-0.3, -0.25) is 0 Å². The Hall–Kier alpha value is -2.55. The summed E-state index contributed by atoms with van der Waals surface area (Å²) < 4.78 is 44.1. The van der Waals surface area contributed by atoms with E-state index in [1.807, 2.05) is 50.2 Å². The second-order valence-electron chi connectivity index (χ2n) is 9.23. The van der Waals surface area contributed by atoms with Crippen molar-refractivity contribution in [3.8, 4) is 11.1 Å². The van der Waals surface area contributed by atoms with Crippen molar-refractivity contribution in [3.63, 3.8) is 0 Å². The van der Waals surface area contributed by atoms with Crippen LogP contribution in [0.3, 0.4) is 0 Å². The minimum atomic E-state index is -0.750. The van der Waals surface area contributed by atoms with Gasteiger partial charge in [0, 0.05) is 5.56 Å². The molecule has 0 aliphatic heterocycles. The minimum Gasteiger partial charge on any atom is -0.207 e. The predicted octanol–water partition coefficient (Wildman–Crippen LogP) is 8.55. The van der Waals surface area contributed by atoms with Crippen LogP contribution in [0.25, 0.3) is 11.1 Å². The molecule has 0 N–H and O–H groups in total. The molecule has 0 nitrogen and oxygen atoms in total. The molecular weight excluding hydrogens is 405 g/mol. The lowest BCUT2D eigenvalue weighted by atomic mass is 9.76. The quantitative estimate of drug-likeness (QED) is 0.363. The van der Waals surface area contributed by atoms with Gasteiger partial charge in [0.25, 0.3) is 0 Å². The Kier molecular flexibility index (Phi) is 7.03. The Balaban J connectivity index is 1.38. The fourth-order valence-corrected chi connectivity index (χ4v) is 4.97. The molecule has 0 aromatic heterocycles. The zero-order valence-corrected chi connectivity index (χ0v) is 18.9. The maximum absolute atomic E-state index is 15.0. The second-order valence-corrected chi connectivity index (χ2v) is 9.23. The van der Waals surface area contributed by atoms with Gasteiger partial charge in [0.1, 0.15) is 5.82 Å². The highest BCUT2D eigenvalue weighted by atomic mass is 19.2. The van der Waals surface area contributed by atoms with Crippen LogP contribution in [-0.2, 0) is 12.8 Å². The summed E-state index contributed by atoms with van der Waals surface area (Å²) in [7, 11) is 0. The van der Waals surface area contributed by atoms with Crippen molar-refractivity contribution in [2.75, 3.05) is 0 Å². The van der Waals surface area contributed by atoms with Crippen LogP contribution in [0.15, 0.2) is 54.6 Å². The fourth-order valence-electron chi connectivity index (χ4n) is 4.97. The Morgan fingerprint density at radius 1 is 0.812 bits per heavy atom. The Labute approximate surface area is 189 Å². The van der Waals surface area contributed by atoms with Gasteiger partial charge in [-0.1, -0.05) is 61.0 Å². The van der Waals surface area contributed by atoms with Crippen molar-refractivity contribution < 1.29 is 13.2 Å². The van der Waals surface area contributed by atoms with E-state index in [2.05, 4.69) is 0 Å². The zero-order chi connectivity index (χ0) is 22.7. The first-order chi connectivity index (χ1) is 15.5. The van der Waals surface area contributed by atoms with E-state index in [9.17, 15) is 13.2 Å². The number of hydrogen-bond acceptors (Lipinski definition) is 0. The zero-order valence-electron chi connectivity index (χ0n) is 18.9. The molecule has 168 valence electrons. The lowest BCUT2D eigenvalue weighted by Crippen LogP contribution is -2.16. The third-order valence-corrected chi connectivity index (χ3v) is 7.11. The van der Waals surface area contributed by atoms with E-state index in [0.717, 1.165) is 61.6 Å². The molecule has 3 heteroatoms. The number of aryl methyl sites for hydroxylation is 3. The fraction of sp³-hybridized carbons (Fsp3) is 0.379. The molecule has 0 amide bonds. The number of benzene rings is 3. The number of hydrogen-bond donors (Lipinski definition) is 0. The van der Waals surface area contributed by atoms with Gasteiger partial charge in [-0.15, -0.1) is 0 Å². The Morgan fingerprint density at radius 3 is 2.19 bits per heavy atom. The third-order valence-electron chi connectivity index (χ3n) is 7.11. The molecule has 3 aromatic rings. The molecule has 0 atom stereocenters. The highest BCUT2D eigenvalue weighted by molar-refractivity contribution is 5.65. The lowest BCUT2D eigenvalue weighted by molar-refractivity contribution is 0.304. The van der Waals surface area contributed by atoms with Crippen LogP contribution in [-0.4, -0.2) is 0 Å². The topological polar surface area (TPSA) is 0 Å². The molecule has 1 aliphatic rings.